The first kappa shape index (κ1) is 33.9. The molecule has 2 rings (SSSR count). The molecule has 0 atom stereocenters. The topological polar surface area (TPSA) is 145 Å². The number of hydrogen-bond donors (Lipinski definition) is 0. The zero-order valence-corrected chi connectivity index (χ0v) is 23.4. The van der Waals surface area contributed by atoms with Gasteiger partial charge in [-0.3, -0.25) is 18.7 Å². The van der Waals surface area contributed by atoms with Gasteiger partial charge in [-0.05, 0) is 12.1 Å². The van der Waals surface area contributed by atoms with Crippen molar-refractivity contribution in [1.29, 1.82) is 0 Å². The molecular weight excluding hydrogens is 550 g/mol. The molecule has 0 unspecified atom stereocenters. The van der Waals surface area contributed by atoms with Crippen molar-refractivity contribution in [2.45, 2.75) is 4.90 Å². The minimum Gasteiger partial charge on any atom is -0.377 e. The standard InChI is InChI=1S/C26H39NO12S/c28-25-6-7-26(29)27(25)8-9-32-10-11-33-12-13-34-14-15-35-16-17-36-18-19-37-20-21-38-22-23-39-40(30,31)24-4-2-1-3-5-24/h1-7H,8-23H2. The molecule has 0 N–H and O–H groups in total. The van der Waals surface area contributed by atoms with Crippen LogP contribution in [0, 0.1) is 0 Å². The molecule has 14 heteroatoms. The van der Waals surface area contributed by atoms with Gasteiger partial charge < -0.3 is 33.2 Å². The number of nitrogens with zero attached hydrogens (tertiary/aromatic N) is 1. The average molecular weight is 590 g/mol. The molecular formula is C26H39NO12S. The Hall–Kier alpha value is -2.27. The summed E-state index contributed by atoms with van der Waals surface area (Å²) in [5.41, 5.74) is 0. The van der Waals surface area contributed by atoms with E-state index in [1.54, 1.807) is 18.2 Å². The van der Waals surface area contributed by atoms with Gasteiger partial charge in [0, 0.05) is 12.2 Å². The van der Waals surface area contributed by atoms with Crippen molar-refractivity contribution in [3.8, 4) is 0 Å². The van der Waals surface area contributed by atoms with E-state index in [4.69, 9.17) is 37.3 Å². The summed E-state index contributed by atoms with van der Waals surface area (Å²) < 4.78 is 66.4. The highest BCUT2D eigenvalue weighted by Crippen LogP contribution is 2.10. The number of ether oxygens (including phenoxy) is 7. The Balaban J connectivity index is 1.22. The van der Waals surface area contributed by atoms with Crippen LogP contribution in [0.3, 0.4) is 0 Å². The van der Waals surface area contributed by atoms with Crippen LogP contribution in [0.25, 0.3) is 0 Å². The fraction of sp³-hybridized carbons (Fsp3) is 0.615. The van der Waals surface area contributed by atoms with Gasteiger partial charge in [0.1, 0.15) is 0 Å². The van der Waals surface area contributed by atoms with Crippen LogP contribution < -0.4 is 0 Å². The minimum atomic E-state index is -3.76. The summed E-state index contributed by atoms with van der Waals surface area (Å²) in [6, 6.07) is 7.94. The maximum Gasteiger partial charge on any atom is 0.297 e. The number of amides is 2. The van der Waals surface area contributed by atoms with Gasteiger partial charge in [-0.15, -0.1) is 0 Å². The number of carbonyl (C=O) groups is 2. The highest BCUT2D eigenvalue weighted by atomic mass is 32.2. The molecule has 13 nitrogen and oxygen atoms in total. The normalized spacial score (nSPS) is 13.6. The summed E-state index contributed by atoms with van der Waals surface area (Å²) in [5.74, 6) is -0.631. The molecule has 0 aliphatic carbocycles. The second kappa shape index (κ2) is 21.5. The van der Waals surface area contributed by atoms with E-state index < -0.39 is 10.1 Å². The van der Waals surface area contributed by atoms with Gasteiger partial charge in [0.15, 0.2) is 0 Å². The quantitative estimate of drug-likeness (QED) is 0.0839. The van der Waals surface area contributed by atoms with Crippen LogP contribution in [0.4, 0.5) is 0 Å². The monoisotopic (exact) mass is 589 g/mol. The predicted molar refractivity (Wildman–Crippen MR) is 141 cm³/mol. The molecule has 0 spiro atoms. The third kappa shape index (κ3) is 15.5. The van der Waals surface area contributed by atoms with Crippen LogP contribution in [0.2, 0.25) is 0 Å². The lowest BCUT2D eigenvalue weighted by Gasteiger charge is -2.13. The number of hydrogen-bond acceptors (Lipinski definition) is 12. The largest absolute Gasteiger partial charge is 0.377 e. The smallest absolute Gasteiger partial charge is 0.297 e. The third-order valence-corrected chi connectivity index (χ3v) is 6.42. The van der Waals surface area contributed by atoms with E-state index in [0.717, 1.165) is 4.90 Å². The molecule has 0 radical (unpaired) electrons. The number of benzene rings is 1. The first-order chi connectivity index (χ1) is 19.5. The van der Waals surface area contributed by atoms with E-state index in [-0.39, 0.29) is 43.1 Å². The Labute approximate surface area is 235 Å². The highest BCUT2D eigenvalue weighted by molar-refractivity contribution is 7.86. The zero-order chi connectivity index (χ0) is 28.7. The molecule has 2 amide bonds. The van der Waals surface area contributed by atoms with Crippen molar-refractivity contribution in [3.05, 3.63) is 42.5 Å². The van der Waals surface area contributed by atoms with E-state index in [0.29, 0.717) is 79.3 Å². The molecule has 1 heterocycles. The van der Waals surface area contributed by atoms with Crippen LogP contribution in [-0.4, -0.2) is 131 Å². The Morgan fingerprint density at radius 3 is 1.25 bits per heavy atom. The van der Waals surface area contributed by atoms with Gasteiger partial charge in [-0.25, -0.2) is 0 Å². The summed E-state index contributed by atoms with van der Waals surface area (Å²) in [4.78, 5) is 24.0. The Bertz CT molecular complexity index is 940. The number of imide groups is 1. The van der Waals surface area contributed by atoms with Crippen LogP contribution >= 0.6 is 0 Å². The first-order valence-corrected chi connectivity index (χ1v) is 14.4. The van der Waals surface area contributed by atoms with Crippen molar-refractivity contribution in [3.63, 3.8) is 0 Å². The van der Waals surface area contributed by atoms with Crippen molar-refractivity contribution in [2.75, 3.05) is 106 Å². The maximum absolute atomic E-state index is 11.9. The third-order valence-electron chi connectivity index (χ3n) is 5.09. The van der Waals surface area contributed by atoms with Crippen LogP contribution in [0.1, 0.15) is 0 Å². The molecule has 0 bridgehead atoms. The van der Waals surface area contributed by atoms with Crippen molar-refractivity contribution in [2.24, 2.45) is 0 Å². The molecule has 226 valence electrons. The van der Waals surface area contributed by atoms with Crippen molar-refractivity contribution in [1.82, 2.24) is 4.90 Å². The SMILES string of the molecule is O=C1C=CC(=O)N1CCOCCOCCOCCOCCOCCOCCOCCOS(=O)(=O)c1ccccc1. The Morgan fingerprint density at radius 2 is 0.850 bits per heavy atom. The Morgan fingerprint density at radius 1 is 0.500 bits per heavy atom. The van der Waals surface area contributed by atoms with Crippen LogP contribution in [-0.2, 0) is 57.0 Å². The van der Waals surface area contributed by atoms with Crippen LogP contribution in [0.15, 0.2) is 47.4 Å². The van der Waals surface area contributed by atoms with Gasteiger partial charge in [-0.2, -0.15) is 8.42 Å². The summed E-state index contributed by atoms with van der Waals surface area (Å²) >= 11 is 0. The first-order valence-electron chi connectivity index (χ1n) is 13.0. The van der Waals surface area contributed by atoms with Gasteiger partial charge in [0.05, 0.1) is 111 Å². The molecule has 40 heavy (non-hydrogen) atoms. The minimum absolute atomic E-state index is 0.0662. The lowest BCUT2D eigenvalue weighted by atomic mass is 10.4. The molecule has 1 aromatic rings. The number of rotatable bonds is 26. The second-order valence-corrected chi connectivity index (χ2v) is 9.65. The van der Waals surface area contributed by atoms with E-state index in [9.17, 15) is 18.0 Å². The molecule has 0 saturated heterocycles. The summed E-state index contributed by atoms with van der Waals surface area (Å²) in [7, 11) is -3.76. The van der Waals surface area contributed by atoms with Crippen molar-refractivity contribution >= 4 is 21.9 Å². The van der Waals surface area contributed by atoms with E-state index in [2.05, 4.69) is 0 Å². The lowest BCUT2D eigenvalue weighted by Crippen LogP contribution is -2.33. The molecule has 1 aromatic carbocycles. The number of carbonyl (C=O) groups excluding carboxylic acids is 2. The fourth-order valence-corrected chi connectivity index (χ4v) is 4.00. The second-order valence-electron chi connectivity index (χ2n) is 8.04. The maximum atomic E-state index is 11.9. The summed E-state index contributed by atoms with van der Waals surface area (Å²) in [6.45, 7) is 5.47. The average Bonchev–Trinajstić information content (AvgIpc) is 3.28. The van der Waals surface area contributed by atoms with Gasteiger partial charge in [-0.1, -0.05) is 18.2 Å². The summed E-state index contributed by atoms with van der Waals surface area (Å²) in [5, 5.41) is 0. The van der Waals surface area contributed by atoms with Gasteiger partial charge in [0.25, 0.3) is 21.9 Å². The van der Waals surface area contributed by atoms with Crippen molar-refractivity contribution < 1.29 is 55.3 Å². The molecule has 1 aliphatic rings. The molecule has 0 fully saturated rings. The van der Waals surface area contributed by atoms with E-state index in [1.165, 1.54) is 24.3 Å². The predicted octanol–water partition coefficient (Wildman–Crippen LogP) is 0.433. The van der Waals surface area contributed by atoms with Gasteiger partial charge in [0.2, 0.25) is 0 Å². The van der Waals surface area contributed by atoms with Gasteiger partial charge >= 0.3 is 0 Å². The molecule has 0 aromatic heterocycles. The lowest BCUT2D eigenvalue weighted by molar-refractivity contribution is -0.137. The molecule has 1 aliphatic heterocycles. The molecule has 0 saturated carbocycles. The Kier molecular flexibility index (Phi) is 18.2. The zero-order valence-electron chi connectivity index (χ0n) is 22.6. The van der Waals surface area contributed by atoms with Crippen LogP contribution in [0.5, 0.6) is 0 Å². The van der Waals surface area contributed by atoms with E-state index >= 15 is 0 Å². The van der Waals surface area contributed by atoms with E-state index in [1.807, 2.05) is 0 Å². The fourth-order valence-electron chi connectivity index (χ4n) is 3.09. The highest BCUT2D eigenvalue weighted by Gasteiger charge is 2.22. The summed E-state index contributed by atoms with van der Waals surface area (Å²) in [6.07, 6.45) is 2.49.